The SMILES string of the molecule is CCOc1ccc(C)cc1C(C)NC(=O)/C(C#N)=C\Nc1ccc(N)cc1. The zero-order chi connectivity index (χ0) is 19.8. The number of aryl methyl sites for hydroxylation is 1. The van der Waals surface area contributed by atoms with Crippen LogP contribution < -0.4 is 21.1 Å². The molecule has 2 aromatic carbocycles. The Labute approximate surface area is 159 Å². The van der Waals surface area contributed by atoms with Crippen molar-refractivity contribution in [1.29, 1.82) is 5.26 Å². The summed E-state index contributed by atoms with van der Waals surface area (Å²) in [6, 6.07) is 14.4. The Kier molecular flexibility index (Phi) is 6.84. The summed E-state index contributed by atoms with van der Waals surface area (Å²) in [7, 11) is 0. The number of hydrogen-bond donors (Lipinski definition) is 3. The highest BCUT2D eigenvalue weighted by atomic mass is 16.5. The number of benzene rings is 2. The normalized spacial score (nSPS) is 12.0. The molecule has 0 bridgehead atoms. The van der Waals surface area contributed by atoms with Crippen molar-refractivity contribution in [1.82, 2.24) is 5.32 Å². The van der Waals surface area contributed by atoms with E-state index in [1.165, 1.54) is 6.20 Å². The number of ether oxygens (including phenoxy) is 1. The lowest BCUT2D eigenvalue weighted by Crippen LogP contribution is -2.28. The molecular weight excluding hydrogens is 340 g/mol. The van der Waals surface area contributed by atoms with Crippen LogP contribution in [0.15, 0.2) is 54.2 Å². The first-order valence-electron chi connectivity index (χ1n) is 8.71. The molecule has 1 unspecified atom stereocenters. The molecular formula is C21H24N4O2. The summed E-state index contributed by atoms with van der Waals surface area (Å²) in [4.78, 5) is 12.5. The molecule has 140 valence electrons. The lowest BCUT2D eigenvalue weighted by Gasteiger charge is -2.18. The van der Waals surface area contributed by atoms with Crippen molar-refractivity contribution in [2.45, 2.75) is 26.8 Å². The quantitative estimate of drug-likeness (QED) is 0.395. The molecule has 2 rings (SSSR count). The lowest BCUT2D eigenvalue weighted by molar-refractivity contribution is -0.117. The van der Waals surface area contributed by atoms with Gasteiger partial charge in [-0.25, -0.2) is 0 Å². The van der Waals surface area contributed by atoms with Crippen LogP contribution in [0.2, 0.25) is 0 Å². The zero-order valence-electron chi connectivity index (χ0n) is 15.7. The van der Waals surface area contributed by atoms with Crippen molar-refractivity contribution < 1.29 is 9.53 Å². The largest absolute Gasteiger partial charge is 0.494 e. The number of anilines is 2. The summed E-state index contributed by atoms with van der Waals surface area (Å²) in [5.41, 5.74) is 8.92. The van der Waals surface area contributed by atoms with Gasteiger partial charge in [0.15, 0.2) is 0 Å². The average molecular weight is 364 g/mol. The minimum Gasteiger partial charge on any atom is -0.494 e. The van der Waals surface area contributed by atoms with Crippen LogP contribution in [0.5, 0.6) is 5.75 Å². The Balaban J connectivity index is 2.12. The molecule has 0 aliphatic rings. The van der Waals surface area contributed by atoms with Crippen LogP contribution in [-0.2, 0) is 4.79 Å². The van der Waals surface area contributed by atoms with Crippen LogP contribution in [0.4, 0.5) is 11.4 Å². The molecule has 0 aliphatic carbocycles. The van der Waals surface area contributed by atoms with Gasteiger partial charge in [0, 0.05) is 23.1 Å². The number of nitrogens with one attached hydrogen (secondary N) is 2. The number of amides is 1. The summed E-state index contributed by atoms with van der Waals surface area (Å²) < 4.78 is 5.64. The van der Waals surface area contributed by atoms with Crippen LogP contribution in [0.25, 0.3) is 0 Å². The van der Waals surface area contributed by atoms with E-state index < -0.39 is 5.91 Å². The highest BCUT2D eigenvalue weighted by Crippen LogP contribution is 2.26. The summed E-state index contributed by atoms with van der Waals surface area (Å²) >= 11 is 0. The summed E-state index contributed by atoms with van der Waals surface area (Å²) in [5.74, 6) is 0.260. The predicted octanol–water partition coefficient (Wildman–Crippen LogP) is 3.67. The number of nitrogens with zero attached hydrogens (tertiary/aromatic N) is 1. The Bertz CT molecular complexity index is 867. The van der Waals surface area contributed by atoms with Crippen molar-refractivity contribution in [2.24, 2.45) is 0 Å². The minimum absolute atomic E-state index is 0.0238. The van der Waals surface area contributed by atoms with E-state index in [-0.39, 0.29) is 11.6 Å². The smallest absolute Gasteiger partial charge is 0.263 e. The van der Waals surface area contributed by atoms with Gasteiger partial charge in [0.2, 0.25) is 0 Å². The lowest BCUT2D eigenvalue weighted by atomic mass is 10.0. The van der Waals surface area contributed by atoms with Crippen LogP contribution in [0.3, 0.4) is 0 Å². The third kappa shape index (κ3) is 5.51. The average Bonchev–Trinajstić information content (AvgIpc) is 2.65. The van der Waals surface area contributed by atoms with Gasteiger partial charge in [0.25, 0.3) is 5.91 Å². The van der Waals surface area contributed by atoms with Crippen LogP contribution in [-0.4, -0.2) is 12.5 Å². The molecule has 0 spiro atoms. The number of carbonyl (C=O) groups excluding carboxylic acids is 1. The van der Waals surface area contributed by atoms with E-state index in [0.717, 1.165) is 22.6 Å². The fourth-order valence-corrected chi connectivity index (χ4v) is 2.53. The number of rotatable bonds is 7. The molecule has 0 heterocycles. The van der Waals surface area contributed by atoms with E-state index in [1.807, 2.05) is 45.0 Å². The second kappa shape index (κ2) is 9.30. The highest BCUT2D eigenvalue weighted by molar-refractivity contribution is 5.97. The number of nitrogens with two attached hydrogens (primary N) is 1. The van der Waals surface area contributed by atoms with E-state index in [0.29, 0.717) is 12.3 Å². The van der Waals surface area contributed by atoms with Gasteiger partial charge in [-0.1, -0.05) is 17.7 Å². The van der Waals surface area contributed by atoms with E-state index in [4.69, 9.17) is 10.5 Å². The predicted molar refractivity (Wildman–Crippen MR) is 107 cm³/mol. The maximum Gasteiger partial charge on any atom is 0.263 e. The van der Waals surface area contributed by atoms with E-state index >= 15 is 0 Å². The van der Waals surface area contributed by atoms with E-state index in [1.54, 1.807) is 24.3 Å². The van der Waals surface area contributed by atoms with Gasteiger partial charge in [0.1, 0.15) is 17.4 Å². The van der Waals surface area contributed by atoms with Gasteiger partial charge in [0.05, 0.1) is 12.6 Å². The molecule has 0 fully saturated rings. The van der Waals surface area contributed by atoms with Gasteiger partial charge in [-0.2, -0.15) is 5.26 Å². The van der Waals surface area contributed by atoms with Gasteiger partial charge < -0.3 is 21.1 Å². The third-order valence-corrected chi connectivity index (χ3v) is 3.94. The molecule has 0 radical (unpaired) electrons. The van der Waals surface area contributed by atoms with Crippen molar-refractivity contribution in [2.75, 3.05) is 17.7 Å². The molecule has 0 saturated carbocycles. The maximum atomic E-state index is 12.5. The van der Waals surface area contributed by atoms with Crippen LogP contribution in [0, 0.1) is 18.3 Å². The number of carbonyl (C=O) groups is 1. The molecule has 27 heavy (non-hydrogen) atoms. The fraction of sp³-hybridized carbons (Fsp3) is 0.238. The standard InChI is InChI=1S/C21H24N4O2/c1-4-27-20-10-5-14(2)11-19(20)15(3)25-21(26)16(12-22)13-24-18-8-6-17(23)7-9-18/h5-11,13,15,24H,4,23H2,1-3H3,(H,25,26)/b16-13-. The number of hydrogen-bond acceptors (Lipinski definition) is 5. The summed E-state index contributed by atoms with van der Waals surface area (Å²) in [5, 5.41) is 15.1. The Morgan fingerprint density at radius 2 is 2.00 bits per heavy atom. The van der Waals surface area contributed by atoms with Gasteiger partial charge in [-0.15, -0.1) is 0 Å². The maximum absolute atomic E-state index is 12.5. The van der Waals surface area contributed by atoms with E-state index in [9.17, 15) is 10.1 Å². The molecule has 0 aliphatic heterocycles. The molecule has 6 heteroatoms. The van der Waals surface area contributed by atoms with Crippen molar-refractivity contribution in [3.05, 3.63) is 65.4 Å². The molecule has 0 aromatic heterocycles. The molecule has 1 atom stereocenters. The first-order chi connectivity index (χ1) is 12.9. The summed E-state index contributed by atoms with van der Waals surface area (Å²) in [6.07, 6.45) is 1.38. The topological polar surface area (TPSA) is 100 Å². The van der Waals surface area contributed by atoms with Crippen molar-refractivity contribution in [3.8, 4) is 11.8 Å². The Hall–Kier alpha value is -3.46. The monoisotopic (exact) mass is 364 g/mol. The van der Waals surface area contributed by atoms with Crippen molar-refractivity contribution in [3.63, 3.8) is 0 Å². The number of nitriles is 1. The molecule has 1 amide bonds. The molecule has 2 aromatic rings. The van der Waals surface area contributed by atoms with Crippen molar-refractivity contribution >= 4 is 17.3 Å². The first kappa shape index (κ1) is 19.9. The molecule has 4 N–H and O–H groups in total. The zero-order valence-corrected chi connectivity index (χ0v) is 15.7. The van der Waals surface area contributed by atoms with Gasteiger partial charge >= 0.3 is 0 Å². The molecule has 6 nitrogen and oxygen atoms in total. The number of nitrogen functional groups attached to an aromatic ring is 1. The fourth-order valence-electron chi connectivity index (χ4n) is 2.53. The Morgan fingerprint density at radius 1 is 1.30 bits per heavy atom. The summed E-state index contributed by atoms with van der Waals surface area (Å²) in [6.45, 7) is 6.28. The second-order valence-electron chi connectivity index (χ2n) is 6.11. The third-order valence-electron chi connectivity index (χ3n) is 3.94. The van der Waals surface area contributed by atoms with E-state index in [2.05, 4.69) is 10.6 Å². The second-order valence-corrected chi connectivity index (χ2v) is 6.11. The van der Waals surface area contributed by atoms with Gasteiger partial charge in [-0.3, -0.25) is 4.79 Å². The first-order valence-corrected chi connectivity index (χ1v) is 8.71. The Morgan fingerprint density at radius 3 is 2.63 bits per heavy atom. The van der Waals surface area contributed by atoms with Gasteiger partial charge in [-0.05, 0) is 51.1 Å². The van der Waals surface area contributed by atoms with Crippen LogP contribution in [0.1, 0.15) is 31.0 Å². The highest BCUT2D eigenvalue weighted by Gasteiger charge is 2.17. The molecule has 0 saturated heterocycles. The minimum atomic E-state index is -0.461. The van der Waals surface area contributed by atoms with Crippen LogP contribution >= 0.6 is 0 Å².